The van der Waals surface area contributed by atoms with E-state index < -0.39 is 0 Å². The van der Waals surface area contributed by atoms with Crippen LogP contribution in [0, 0.1) is 11.7 Å². The lowest BCUT2D eigenvalue weighted by Gasteiger charge is -2.35. The number of amides is 1. The number of ether oxygens (including phenoxy) is 1. The molecule has 1 fully saturated rings. The second-order valence-corrected chi connectivity index (χ2v) is 5.64. The van der Waals surface area contributed by atoms with Crippen molar-refractivity contribution in [1.29, 1.82) is 0 Å². The van der Waals surface area contributed by atoms with Gasteiger partial charge in [0.1, 0.15) is 5.82 Å². The first-order valence-corrected chi connectivity index (χ1v) is 7.32. The van der Waals surface area contributed by atoms with Gasteiger partial charge in [0.05, 0.1) is 25.9 Å². The number of benzene rings is 1. The summed E-state index contributed by atoms with van der Waals surface area (Å²) in [4.78, 5) is 14.0. The van der Waals surface area contributed by atoms with Crippen molar-refractivity contribution in [2.75, 3.05) is 26.4 Å². The molecular weight excluding hydrogens is 273 g/mol. The molecule has 1 aromatic rings. The topological polar surface area (TPSA) is 49.8 Å². The number of rotatable bonds is 5. The minimum Gasteiger partial charge on any atom is -0.394 e. The van der Waals surface area contributed by atoms with E-state index in [1.165, 1.54) is 12.1 Å². The molecule has 1 heterocycles. The number of carbonyl (C=O) groups is 1. The minimum atomic E-state index is -0.250. The van der Waals surface area contributed by atoms with Crippen LogP contribution in [0.2, 0.25) is 0 Å². The molecule has 2 unspecified atom stereocenters. The fourth-order valence-corrected chi connectivity index (χ4v) is 2.69. The lowest BCUT2D eigenvalue weighted by Crippen LogP contribution is -2.50. The molecule has 0 aromatic heterocycles. The highest BCUT2D eigenvalue weighted by Gasteiger charge is 2.27. The van der Waals surface area contributed by atoms with Crippen molar-refractivity contribution in [3.8, 4) is 0 Å². The molecule has 5 heteroatoms. The Hall–Kier alpha value is -1.46. The van der Waals surface area contributed by atoms with E-state index in [9.17, 15) is 14.3 Å². The Labute approximate surface area is 124 Å². The lowest BCUT2D eigenvalue weighted by atomic mass is 9.97. The van der Waals surface area contributed by atoms with Gasteiger partial charge in [-0.25, -0.2) is 4.39 Å². The number of hydrogen-bond acceptors (Lipinski definition) is 3. The Morgan fingerprint density at radius 1 is 1.57 bits per heavy atom. The maximum atomic E-state index is 13.2. The fraction of sp³-hybridized carbons (Fsp3) is 0.562. The van der Waals surface area contributed by atoms with Crippen molar-refractivity contribution in [2.24, 2.45) is 5.92 Å². The molecule has 1 saturated heterocycles. The van der Waals surface area contributed by atoms with Gasteiger partial charge in [0.2, 0.25) is 5.91 Å². The number of aliphatic hydroxyl groups excluding tert-OH is 1. The van der Waals surface area contributed by atoms with Gasteiger partial charge in [0.25, 0.3) is 0 Å². The summed E-state index contributed by atoms with van der Waals surface area (Å²) in [6, 6.07) is 6.23. The normalized spacial score (nSPS) is 20.3. The molecule has 0 spiro atoms. The Bertz CT molecular complexity index is 480. The number of halogens is 1. The Balaban J connectivity index is 1.89. The van der Waals surface area contributed by atoms with E-state index in [4.69, 9.17) is 4.74 Å². The zero-order chi connectivity index (χ0) is 15.2. The Morgan fingerprint density at radius 2 is 2.38 bits per heavy atom. The van der Waals surface area contributed by atoms with Gasteiger partial charge >= 0.3 is 0 Å². The van der Waals surface area contributed by atoms with E-state index in [0.717, 1.165) is 5.56 Å². The van der Waals surface area contributed by atoms with Gasteiger partial charge in [-0.2, -0.15) is 0 Å². The van der Waals surface area contributed by atoms with Crippen LogP contribution in [0.4, 0.5) is 4.39 Å². The maximum Gasteiger partial charge on any atom is 0.223 e. The van der Waals surface area contributed by atoms with Crippen LogP contribution in [0.15, 0.2) is 24.3 Å². The number of aliphatic hydroxyl groups is 1. The largest absolute Gasteiger partial charge is 0.394 e. The number of hydrogen-bond donors (Lipinski definition) is 1. The zero-order valence-electron chi connectivity index (χ0n) is 12.3. The standard InChI is InChI=1S/C16H22FNO3/c1-12(7-13-3-2-4-14(17)9-13)8-16(20)18-5-6-21-11-15(18)10-19/h2-4,9,12,15,19H,5-8,10-11H2,1H3. The predicted molar refractivity (Wildman–Crippen MR) is 77.3 cm³/mol. The summed E-state index contributed by atoms with van der Waals surface area (Å²) in [5.74, 6) is -0.0951. The first kappa shape index (κ1) is 15.9. The second-order valence-electron chi connectivity index (χ2n) is 5.64. The van der Waals surface area contributed by atoms with Gasteiger partial charge in [-0.1, -0.05) is 19.1 Å². The molecule has 21 heavy (non-hydrogen) atoms. The average Bonchev–Trinajstić information content (AvgIpc) is 2.47. The monoisotopic (exact) mass is 295 g/mol. The number of morpholine rings is 1. The van der Waals surface area contributed by atoms with E-state index in [0.29, 0.717) is 32.6 Å². The molecule has 1 aromatic carbocycles. The van der Waals surface area contributed by atoms with Crippen LogP contribution in [0.3, 0.4) is 0 Å². The van der Waals surface area contributed by atoms with Gasteiger partial charge in [-0.3, -0.25) is 4.79 Å². The summed E-state index contributed by atoms with van der Waals surface area (Å²) >= 11 is 0. The zero-order valence-corrected chi connectivity index (χ0v) is 12.3. The van der Waals surface area contributed by atoms with Crippen molar-refractivity contribution in [3.05, 3.63) is 35.6 Å². The highest BCUT2D eigenvalue weighted by molar-refractivity contribution is 5.77. The molecule has 1 aliphatic rings. The van der Waals surface area contributed by atoms with E-state index in [2.05, 4.69) is 0 Å². The molecule has 4 nitrogen and oxygen atoms in total. The van der Waals surface area contributed by atoms with Crippen LogP contribution in [0.5, 0.6) is 0 Å². The Kier molecular flexibility index (Phi) is 5.70. The van der Waals surface area contributed by atoms with E-state index in [-0.39, 0.29) is 30.3 Å². The van der Waals surface area contributed by atoms with Crippen molar-refractivity contribution in [1.82, 2.24) is 4.90 Å². The highest BCUT2D eigenvalue weighted by Crippen LogP contribution is 2.16. The van der Waals surface area contributed by atoms with Crippen molar-refractivity contribution >= 4 is 5.91 Å². The summed E-state index contributed by atoms with van der Waals surface area (Å²) in [5.41, 5.74) is 0.899. The molecule has 0 bridgehead atoms. The highest BCUT2D eigenvalue weighted by atomic mass is 19.1. The summed E-state index contributed by atoms with van der Waals surface area (Å²) in [6.45, 7) is 3.33. The first-order chi connectivity index (χ1) is 10.1. The SMILES string of the molecule is CC(CC(=O)N1CCOCC1CO)Cc1cccc(F)c1. The molecule has 1 amide bonds. The predicted octanol–water partition coefficient (Wildman–Crippen LogP) is 1.61. The number of carbonyl (C=O) groups excluding carboxylic acids is 1. The second kappa shape index (κ2) is 7.52. The van der Waals surface area contributed by atoms with Gasteiger partial charge in [0, 0.05) is 13.0 Å². The van der Waals surface area contributed by atoms with Crippen LogP contribution in [0.1, 0.15) is 18.9 Å². The summed E-state index contributed by atoms with van der Waals surface area (Å²) in [6.07, 6.45) is 1.06. The third-order valence-corrected chi connectivity index (χ3v) is 3.75. The van der Waals surface area contributed by atoms with Crippen LogP contribution in [0.25, 0.3) is 0 Å². The fourth-order valence-electron chi connectivity index (χ4n) is 2.69. The van der Waals surface area contributed by atoms with Crippen LogP contribution < -0.4 is 0 Å². The average molecular weight is 295 g/mol. The molecule has 2 rings (SSSR count). The van der Waals surface area contributed by atoms with Crippen LogP contribution in [-0.2, 0) is 16.0 Å². The molecule has 1 N–H and O–H groups in total. The molecule has 1 aliphatic heterocycles. The molecule has 0 radical (unpaired) electrons. The van der Waals surface area contributed by atoms with E-state index in [1.54, 1.807) is 11.0 Å². The smallest absolute Gasteiger partial charge is 0.223 e. The summed E-state index contributed by atoms with van der Waals surface area (Å²) in [5, 5.41) is 9.29. The van der Waals surface area contributed by atoms with Crippen molar-refractivity contribution in [2.45, 2.75) is 25.8 Å². The van der Waals surface area contributed by atoms with Crippen molar-refractivity contribution < 1.29 is 19.0 Å². The summed E-state index contributed by atoms with van der Waals surface area (Å²) in [7, 11) is 0. The quantitative estimate of drug-likeness (QED) is 0.898. The van der Waals surface area contributed by atoms with Gasteiger partial charge < -0.3 is 14.7 Å². The Morgan fingerprint density at radius 3 is 3.10 bits per heavy atom. The van der Waals surface area contributed by atoms with Gasteiger partial charge in [-0.15, -0.1) is 0 Å². The molecule has 0 aliphatic carbocycles. The van der Waals surface area contributed by atoms with E-state index >= 15 is 0 Å². The molecule has 2 atom stereocenters. The van der Waals surface area contributed by atoms with E-state index in [1.807, 2.05) is 13.0 Å². The molecule has 0 saturated carbocycles. The molecule has 116 valence electrons. The van der Waals surface area contributed by atoms with Crippen molar-refractivity contribution in [3.63, 3.8) is 0 Å². The third-order valence-electron chi connectivity index (χ3n) is 3.75. The van der Waals surface area contributed by atoms with Crippen LogP contribution >= 0.6 is 0 Å². The lowest BCUT2D eigenvalue weighted by molar-refractivity contribution is -0.142. The maximum absolute atomic E-state index is 13.2. The number of nitrogens with zero attached hydrogens (tertiary/aromatic N) is 1. The first-order valence-electron chi connectivity index (χ1n) is 7.32. The van der Waals surface area contributed by atoms with Crippen LogP contribution in [-0.4, -0.2) is 48.3 Å². The minimum absolute atomic E-state index is 0.0289. The third kappa shape index (κ3) is 4.51. The molecular formula is C16H22FNO3. The summed E-state index contributed by atoms with van der Waals surface area (Å²) < 4.78 is 18.4. The van der Waals surface area contributed by atoms with Gasteiger partial charge in [-0.05, 0) is 30.0 Å². The van der Waals surface area contributed by atoms with Gasteiger partial charge in [0.15, 0.2) is 0 Å².